The van der Waals surface area contributed by atoms with Crippen molar-refractivity contribution >= 4 is 17.8 Å². The number of hydrogen-bond acceptors (Lipinski definition) is 3. The third-order valence-electron chi connectivity index (χ3n) is 3.79. The van der Waals surface area contributed by atoms with Crippen molar-refractivity contribution in [2.24, 2.45) is 0 Å². The van der Waals surface area contributed by atoms with Crippen molar-refractivity contribution in [3.63, 3.8) is 0 Å². The fraction of sp³-hybridized carbons (Fsp3) is 0.150. The second-order valence-electron chi connectivity index (χ2n) is 5.32. The minimum Gasteiger partial charge on any atom is -0.497 e. The van der Waals surface area contributed by atoms with E-state index in [2.05, 4.69) is 6.92 Å². The number of cyclic esters (lactones) is 1. The van der Waals surface area contributed by atoms with Crippen molar-refractivity contribution < 1.29 is 14.3 Å². The molecule has 0 amide bonds. The van der Waals surface area contributed by atoms with E-state index >= 15 is 0 Å². The van der Waals surface area contributed by atoms with Gasteiger partial charge in [-0.05, 0) is 41.8 Å². The van der Waals surface area contributed by atoms with Gasteiger partial charge in [-0.2, -0.15) is 0 Å². The standard InChI is InChI=1S/C20H18O3/c1-3-14-7-9-16(10-8-14)19-13-17(20(21)23-19)11-15-5-4-6-18(12-15)22-2/h4-13H,3H2,1-2H3. The van der Waals surface area contributed by atoms with Crippen LogP contribution < -0.4 is 4.74 Å². The first kappa shape index (κ1) is 15.1. The van der Waals surface area contributed by atoms with Crippen LogP contribution in [0.1, 0.15) is 23.6 Å². The number of carbonyl (C=O) groups is 1. The minimum atomic E-state index is -0.331. The average molecular weight is 306 g/mol. The number of methoxy groups -OCH3 is 1. The Morgan fingerprint density at radius 3 is 2.61 bits per heavy atom. The molecule has 0 aromatic heterocycles. The molecule has 1 heterocycles. The van der Waals surface area contributed by atoms with Gasteiger partial charge in [0.15, 0.2) is 0 Å². The molecule has 0 unspecified atom stereocenters. The number of aryl methyl sites for hydroxylation is 1. The molecule has 116 valence electrons. The van der Waals surface area contributed by atoms with Gasteiger partial charge in [-0.15, -0.1) is 0 Å². The lowest BCUT2D eigenvalue weighted by atomic mass is 10.1. The van der Waals surface area contributed by atoms with E-state index in [1.165, 1.54) is 5.56 Å². The van der Waals surface area contributed by atoms with Crippen molar-refractivity contribution in [2.45, 2.75) is 13.3 Å². The SMILES string of the molecule is CCc1ccc(C2=CC(=Cc3cccc(OC)c3)C(=O)O2)cc1. The Morgan fingerprint density at radius 2 is 1.91 bits per heavy atom. The average Bonchev–Trinajstić information content (AvgIpc) is 2.96. The summed E-state index contributed by atoms with van der Waals surface area (Å²) >= 11 is 0. The third kappa shape index (κ3) is 3.34. The first-order chi connectivity index (χ1) is 11.2. The van der Waals surface area contributed by atoms with Crippen molar-refractivity contribution in [1.82, 2.24) is 0 Å². The summed E-state index contributed by atoms with van der Waals surface area (Å²) in [7, 11) is 1.62. The number of rotatable bonds is 4. The topological polar surface area (TPSA) is 35.5 Å². The molecule has 0 atom stereocenters. The van der Waals surface area contributed by atoms with Gasteiger partial charge in [0.2, 0.25) is 0 Å². The maximum atomic E-state index is 12.1. The molecule has 2 aromatic carbocycles. The Labute approximate surface area is 135 Å². The maximum Gasteiger partial charge on any atom is 0.343 e. The van der Waals surface area contributed by atoms with Crippen LogP contribution in [0.4, 0.5) is 0 Å². The number of hydrogen-bond donors (Lipinski definition) is 0. The van der Waals surface area contributed by atoms with Crippen LogP contribution in [-0.2, 0) is 16.0 Å². The molecule has 1 aliphatic rings. The monoisotopic (exact) mass is 306 g/mol. The second kappa shape index (κ2) is 6.53. The van der Waals surface area contributed by atoms with E-state index in [1.807, 2.05) is 48.5 Å². The molecule has 0 fully saturated rings. The van der Waals surface area contributed by atoms with E-state index in [0.717, 1.165) is 23.3 Å². The molecular formula is C20H18O3. The molecule has 0 spiro atoms. The first-order valence-corrected chi connectivity index (χ1v) is 7.58. The molecule has 0 N–H and O–H groups in total. The van der Waals surface area contributed by atoms with Crippen LogP contribution in [0.25, 0.3) is 11.8 Å². The molecular weight excluding hydrogens is 288 g/mol. The van der Waals surface area contributed by atoms with E-state index < -0.39 is 0 Å². The van der Waals surface area contributed by atoms with Crippen molar-refractivity contribution in [3.8, 4) is 5.75 Å². The Kier molecular flexibility index (Phi) is 4.29. The predicted molar refractivity (Wildman–Crippen MR) is 90.9 cm³/mol. The lowest BCUT2D eigenvalue weighted by molar-refractivity contribution is -0.130. The molecule has 23 heavy (non-hydrogen) atoms. The largest absolute Gasteiger partial charge is 0.497 e. The Hall–Kier alpha value is -2.81. The summed E-state index contributed by atoms with van der Waals surface area (Å²) in [6.45, 7) is 2.11. The van der Waals surface area contributed by atoms with E-state index in [9.17, 15) is 4.79 Å². The zero-order valence-corrected chi connectivity index (χ0v) is 13.2. The molecule has 2 aromatic rings. The molecule has 3 rings (SSSR count). The number of ether oxygens (including phenoxy) is 2. The molecule has 3 nitrogen and oxygen atoms in total. The van der Waals surface area contributed by atoms with Crippen molar-refractivity contribution in [3.05, 3.63) is 76.9 Å². The highest BCUT2D eigenvalue weighted by molar-refractivity contribution is 6.05. The lowest BCUT2D eigenvalue weighted by Crippen LogP contribution is -1.97. The zero-order valence-electron chi connectivity index (χ0n) is 13.2. The van der Waals surface area contributed by atoms with E-state index in [0.29, 0.717) is 11.3 Å². The summed E-state index contributed by atoms with van der Waals surface area (Å²) < 4.78 is 10.6. The molecule has 3 heteroatoms. The van der Waals surface area contributed by atoms with Gasteiger partial charge in [-0.25, -0.2) is 4.79 Å². The summed E-state index contributed by atoms with van der Waals surface area (Å²) in [6, 6.07) is 15.6. The summed E-state index contributed by atoms with van der Waals surface area (Å²) in [4.78, 5) is 12.1. The molecule has 0 bridgehead atoms. The fourth-order valence-corrected chi connectivity index (χ4v) is 2.45. The number of esters is 1. The predicted octanol–water partition coefficient (Wildman–Crippen LogP) is 4.24. The van der Waals surface area contributed by atoms with Crippen LogP contribution in [-0.4, -0.2) is 13.1 Å². The summed E-state index contributed by atoms with van der Waals surface area (Å²) in [5, 5.41) is 0. The van der Waals surface area contributed by atoms with Crippen LogP contribution >= 0.6 is 0 Å². The van der Waals surface area contributed by atoms with Gasteiger partial charge in [0.25, 0.3) is 0 Å². The van der Waals surface area contributed by atoms with Crippen molar-refractivity contribution in [1.29, 1.82) is 0 Å². The van der Waals surface area contributed by atoms with Crippen LogP contribution in [0, 0.1) is 0 Å². The normalized spacial score (nSPS) is 15.5. The third-order valence-corrected chi connectivity index (χ3v) is 3.79. The van der Waals surface area contributed by atoms with E-state index in [4.69, 9.17) is 9.47 Å². The summed E-state index contributed by atoms with van der Waals surface area (Å²) in [5.41, 5.74) is 3.60. The summed E-state index contributed by atoms with van der Waals surface area (Å²) in [6.07, 6.45) is 4.57. The molecule has 0 aliphatic carbocycles. The molecule has 0 saturated heterocycles. The van der Waals surface area contributed by atoms with Gasteiger partial charge >= 0.3 is 5.97 Å². The first-order valence-electron chi connectivity index (χ1n) is 7.58. The number of benzene rings is 2. The number of carbonyl (C=O) groups excluding carboxylic acids is 1. The molecule has 0 radical (unpaired) electrons. The van der Waals surface area contributed by atoms with Crippen molar-refractivity contribution in [2.75, 3.05) is 7.11 Å². The van der Waals surface area contributed by atoms with Crippen LogP contribution in [0.2, 0.25) is 0 Å². The van der Waals surface area contributed by atoms with Crippen LogP contribution in [0.5, 0.6) is 5.75 Å². The van der Waals surface area contributed by atoms with Gasteiger partial charge in [-0.1, -0.05) is 43.3 Å². The smallest absolute Gasteiger partial charge is 0.343 e. The highest BCUT2D eigenvalue weighted by atomic mass is 16.5. The highest BCUT2D eigenvalue weighted by Gasteiger charge is 2.21. The maximum absolute atomic E-state index is 12.1. The minimum absolute atomic E-state index is 0.331. The van der Waals surface area contributed by atoms with Gasteiger partial charge < -0.3 is 9.47 Å². The Morgan fingerprint density at radius 1 is 1.13 bits per heavy atom. The quantitative estimate of drug-likeness (QED) is 0.626. The lowest BCUT2D eigenvalue weighted by Gasteiger charge is -2.02. The van der Waals surface area contributed by atoms with Gasteiger partial charge in [0.05, 0.1) is 12.7 Å². The van der Waals surface area contributed by atoms with E-state index in [-0.39, 0.29) is 5.97 Å². The highest BCUT2D eigenvalue weighted by Crippen LogP contribution is 2.28. The van der Waals surface area contributed by atoms with E-state index in [1.54, 1.807) is 19.3 Å². The zero-order chi connectivity index (χ0) is 16.2. The Bertz CT molecular complexity index is 783. The fourth-order valence-electron chi connectivity index (χ4n) is 2.45. The molecule has 0 saturated carbocycles. The summed E-state index contributed by atoms with van der Waals surface area (Å²) in [5.74, 6) is 1.01. The molecule has 1 aliphatic heterocycles. The van der Waals surface area contributed by atoms with Gasteiger partial charge in [-0.3, -0.25) is 0 Å². The Balaban J connectivity index is 1.89. The second-order valence-corrected chi connectivity index (χ2v) is 5.32. The van der Waals surface area contributed by atoms with Gasteiger partial charge in [0, 0.05) is 5.56 Å². The van der Waals surface area contributed by atoms with Crippen LogP contribution in [0.15, 0.2) is 60.2 Å². The van der Waals surface area contributed by atoms with Gasteiger partial charge in [0.1, 0.15) is 11.5 Å². The van der Waals surface area contributed by atoms with Crippen LogP contribution in [0.3, 0.4) is 0 Å².